The maximum atomic E-state index is 11.6. The molecule has 2 aromatic rings. The minimum absolute atomic E-state index is 0.439. The zero-order chi connectivity index (χ0) is 16.2. The molecule has 3 rings (SSSR count). The molecule has 0 fully saturated rings. The molecular weight excluding hydrogens is 296 g/mol. The Bertz CT molecular complexity index is 697. The lowest BCUT2D eigenvalue weighted by Gasteiger charge is -2.32. The van der Waals surface area contributed by atoms with Crippen LogP contribution in [0.3, 0.4) is 0 Å². The predicted molar refractivity (Wildman–Crippen MR) is 84.1 cm³/mol. The van der Waals surface area contributed by atoms with Crippen LogP contribution in [0, 0.1) is 0 Å². The molecule has 5 heteroatoms. The molecule has 1 N–H and O–H groups in total. The average Bonchev–Trinajstić information content (AvgIpc) is 2.59. The molecule has 5 nitrogen and oxygen atoms in total. The first kappa shape index (κ1) is 15.2. The summed E-state index contributed by atoms with van der Waals surface area (Å²) >= 11 is 0. The lowest BCUT2D eigenvalue weighted by Crippen LogP contribution is -2.39. The zero-order valence-electron chi connectivity index (χ0n) is 12.8. The van der Waals surface area contributed by atoms with Crippen molar-refractivity contribution < 1.29 is 24.1 Å². The highest BCUT2D eigenvalue weighted by Crippen LogP contribution is 2.39. The van der Waals surface area contributed by atoms with Crippen LogP contribution in [0.5, 0.6) is 17.2 Å². The summed E-state index contributed by atoms with van der Waals surface area (Å²) in [5.74, 6) is 0.602. The molecule has 120 valence electrons. The number of hydrogen-bond acceptors (Lipinski definition) is 4. The normalized spacial score (nSPS) is 19.2. The van der Waals surface area contributed by atoms with Gasteiger partial charge in [-0.25, -0.2) is 4.79 Å². The molecule has 0 amide bonds. The highest BCUT2D eigenvalue weighted by Gasteiger charge is 2.38. The summed E-state index contributed by atoms with van der Waals surface area (Å²) in [4.78, 5) is 11.6. The Hall–Kier alpha value is -2.69. The van der Waals surface area contributed by atoms with Crippen molar-refractivity contribution in [2.75, 3.05) is 6.61 Å². The van der Waals surface area contributed by atoms with Crippen LogP contribution in [0.15, 0.2) is 48.5 Å². The van der Waals surface area contributed by atoms with Crippen molar-refractivity contribution in [3.8, 4) is 17.2 Å². The minimum Gasteiger partial charge on any atom is -0.494 e. The molecule has 1 aliphatic rings. The topological polar surface area (TPSA) is 65.0 Å². The Morgan fingerprint density at radius 1 is 1.13 bits per heavy atom. The molecule has 1 heterocycles. The fraction of sp³-hybridized carbons (Fsp3) is 0.278. The fourth-order valence-electron chi connectivity index (χ4n) is 2.47. The van der Waals surface area contributed by atoms with Crippen molar-refractivity contribution in [2.45, 2.75) is 25.6 Å². The maximum Gasteiger partial charge on any atom is 0.349 e. The number of fused-ring (bicyclic) bond motifs is 1. The number of carboxylic acid groups (broad SMARTS) is 1. The molecule has 0 aliphatic carbocycles. The van der Waals surface area contributed by atoms with Gasteiger partial charge in [0.2, 0.25) is 6.10 Å². The monoisotopic (exact) mass is 314 g/mol. The van der Waals surface area contributed by atoms with Crippen LogP contribution in [0.4, 0.5) is 0 Å². The van der Waals surface area contributed by atoms with Crippen molar-refractivity contribution in [1.82, 2.24) is 0 Å². The van der Waals surface area contributed by atoms with Crippen LogP contribution in [0.2, 0.25) is 0 Å². The molecule has 0 saturated heterocycles. The second-order valence-electron chi connectivity index (χ2n) is 5.28. The van der Waals surface area contributed by atoms with Gasteiger partial charge in [0.25, 0.3) is 0 Å². The van der Waals surface area contributed by atoms with Gasteiger partial charge in [0, 0.05) is 5.56 Å². The molecule has 0 spiro atoms. The third-order valence-corrected chi connectivity index (χ3v) is 3.53. The number of rotatable bonds is 5. The molecule has 2 unspecified atom stereocenters. The van der Waals surface area contributed by atoms with E-state index in [2.05, 4.69) is 0 Å². The van der Waals surface area contributed by atoms with Gasteiger partial charge in [-0.15, -0.1) is 0 Å². The second-order valence-corrected chi connectivity index (χ2v) is 5.28. The number of hydrogen-bond donors (Lipinski definition) is 1. The van der Waals surface area contributed by atoms with Crippen LogP contribution >= 0.6 is 0 Å². The van der Waals surface area contributed by atoms with E-state index in [-0.39, 0.29) is 0 Å². The SMILES string of the molecule is CCCOc1cccc(C2Oc3ccccc3OC2C(=O)O)c1. The average molecular weight is 314 g/mol. The molecule has 0 aromatic heterocycles. The van der Waals surface area contributed by atoms with Crippen molar-refractivity contribution in [3.05, 3.63) is 54.1 Å². The summed E-state index contributed by atoms with van der Waals surface area (Å²) in [7, 11) is 0. The van der Waals surface area contributed by atoms with Gasteiger partial charge in [0.1, 0.15) is 5.75 Å². The van der Waals surface area contributed by atoms with E-state index in [1.54, 1.807) is 24.3 Å². The van der Waals surface area contributed by atoms with Crippen molar-refractivity contribution >= 4 is 5.97 Å². The van der Waals surface area contributed by atoms with Gasteiger partial charge in [-0.05, 0) is 30.7 Å². The minimum atomic E-state index is -1.11. The molecule has 0 saturated carbocycles. The van der Waals surface area contributed by atoms with Gasteiger partial charge in [0.15, 0.2) is 17.6 Å². The van der Waals surface area contributed by atoms with E-state index in [1.807, 2.05) is 31.2 Å². The van der Waals surface area contributed by atoms with Crippen LogP contribution in [0.25, 0.3) is 0 Å². The van der Waals surface area contributed by atoms with Crippen LogP contribution in [0.1, 0.15) is 25.0 Å². The summed E-state index contributed by atoms with van der Waals surface area (Å²) in [6, 6.07) is 14.3. The van der Waals surface area contributed by atoms with E-state index in [1.165, 1.54) is 0 Å². The second kappa shape index (κ2) is 6.60. The van der Waals surface area contributed by atoms with Crippen LogP contribution < -0.4 is 14.2 Å². The highest BCUT2D eigenvalue weighted by molar-refractivity contribution is 5.75. The molecule has 2 aromatic carbocycles. The van der Waals surface area contributed by atoms with E-state index in [0.29, 0.717) is 29.4 Å². The molecular formula is C18H18O5. The van der Waals surface area contributed by atoms with Gasteiger partial charge in [-0.3, -0.25) is 0 Å². The van der Waals surface area contributed by atoms with E-state index in [4.69, 9.17) is 14.2 Å². The van der Waals surface area contributed by atoms with E-state index in [0.717, 1.165) is 6.42 Å². The predicted octanol–water partition coefficient (Wildman–Crippen LogP) is 3.44. The molecule has 2 atom stereocenters. The van der Waals surface area contributed by atoms with E-state index in [9.17, 15) is 9.90 Å². The van der Waals surface area contributed by atoms with Crippen molar-refractivity contribution in [3.63, 3.8) is 0 Å². The van der Waals surface area contributed by atoms with E-state index < -0.39 is 18.2 Å². The Labute approximate surface area is 134 Å². The van der Waals surface area contributed by atoms with Gasteiger partial charge >= 0.3 is 5.97 Å². The number of aliphatic carboxylic acids is 1. The summed E-state index contributed by atoms with van der Waals surface area (Å²) in [5.41, 5.74) is 0.709. The Kier molecular flexibility index (Phi) is 4.37. The van der Waals surface area contributed by atoms with Gasteiger partial charge in [-0.1, -0.05) is 31.2 Å². The summed E-state index contributed by atoms with van der Waals surface area (Å²) in [5, 5.41) is 9.47. The Morgan fingerprint density at radius 2 is 1.87 bits per heavy atom. The first-order valence-electron chi connectivity index (χ1n) is 7.57. The van der Waals surface area contributed by atoms with Gasteiger partial charge < -0.3 is 19.3 Å². The van der Waals surface area contributed by atoms with Crippen molar-refractivity contribution in [1.29, 1.82) is 0 Å². The number of para-hydroxylation sites is 2. The molecule has 23 heavy (non-hydrogen) atoms. The summed E-state index contributed by atoms with van der Waals surface area (Å²) in [6.07, 6.45) is -0.933. The molecule has 0 bridgehead atoms. The Balaban J connectivity index is 1.92. The van der Waals surface area contributed by atoms with Crippen LogP contribution in [-0.4, -0.2) is 23.8 Å². The van der Waals surface area contributed by atoms with E-state index >= 15 is 0 Å². The van der Waals surface area contributed by atoms with Gasteiger partial charge in [-0.2, -0.15) is 0 Å². The lowest BCUT2D eigenvalue weighted by molar-refractivity contribution is -0.151. The highest BCUT2D eigenvalue weighted by atomic mass is 16.6. The maximum absolute atomic E-state index is 11.6. The smallest absolute Gasteiger partial charge is 0.349 e. The largest absolute Gasteiger partial charge is 0.494 e. The first-order chi connectivity index (χ1) is 11.2. The third kappa shape index (κ3) is 3.23. The molecule has 1 aliphatic heterocycles. The fourth-order valence-corrected chi connectivity index (χ4v) is 2.47. The number of carboxylic acids is 1. The van der Waals surface area contributed by atoms with Crippen LogP contribution in [-0.2, 0) is 4.79 Å². The quantitative estimate of drug-likeness (QED) is 0.916. The number of benzene rings is 2. The third-order valence-electron chi connectivity index (χ3n) is 3.53. The molecule has 0 radical (unpaired) electrons. The number of ether oxygens (including phenoxy) is 3. The standard InChI is InChI=1S/C18H18O5/c1-2-10-21-13-7-5-6-12(11-13)16-17(18(19)20)23-15-9-4-3-8-14(15)22-16/h3-9,11,16-17H,2,10H2,1H3,(H,19,20). The number of carbonyl (C=O) groups is 1. The lowest BCUT2D eigenvalue weighted by atomic mass is 10.0. The Morgan fingerprint density at radius 3 is 2.57 bits per heavy atom. The van der Waals surface area contributed by atoms with Crippen molar-refractivity contribution in [2.24, 2.45) is 0 Å². The summed E-state index contributed by atoms with van der Waals surface area (Å²) < 4.78 is 17.1. The zero-order valence-corrected chi connectivity index (χ0v) is 12.8. The van der Waals surface area contributed by atoms with Gasteiger partial charge in [0.05, 0.1) is 6.61 Å². The first-order valence-corrected chi connectivity index (χ1v) is 7.57. The summed E-state index contributed by atoms with van der Waals surface area (Å²) in [6.45, 7) is 2.63.